The van der Waals surface area contributed by atoms with Gasteiger partial charge >= 0.3 is 0 Å². The third kappa shape index (κ3) is 6.00. The van der Waals surface area contributed by atoms with Crippen LogP contribution in [0.3, 0.4) is 0 Å². The topological polar surface area (TPSA) is 37.0 Å². The second-order valence-corrected chi connectivity index (χ2v) is 8.05. The largest absolute Gasteiger partial charge is 0.374 e. The summed E-state index contributed by atoms with van der Waals surface area (Å²) in [7, 11) is 0. The molecule has 4 heteroatoms. The van der Waals surface area contributed by atoms with Gasteiger partial charge in [-0.3, -0.25) is 4.98 Å². The fraction of sp³-hybridized carbons (Fsp3) is 0.160. The minimum atomic E-state index is 0.182. The molecule has 0 fully saturated rings. The average Bonchev–Trinajstić information content (AvgIpc) is 2.75. The predicted octanol–water partition coefficient (Wildman–Crippen LogP) is 6.53. The summed E-state index contributed by atoms with van der Waals surface area (Å²) in [6, 6.07) is 20.9. The molecule has 0 saturated heterocycles. The van der Waals surface area contributed by atoms with Crippen LogP contribution in [0.2, 0.25) is 0 Å². The lowest BCUT2D eigenvalue weighted by Crippen LogP contribution is -2.15. The van der Waals surface area contributed by atoms with Gasteiger partial charge in [0.15, 0.2) is 0 Å². The highest BCUT2D eigenvalue weighted by Gasteiger charge is 2.07. The SMILES string of the molecule is C=C(NC(C)c1cccnc1)SCc1ccc(C(=C)Nc2ccccc2C)cc1. The molecule has 1 heterocycles. The number of nitrogens with one attached hydrogen (secondary N) is 2. The molecule has 1 aromatic heterocycles. The summed E-state index contributed by atoms with van der Waals surface area (Å²) in [5.41, 5.74) is 6.67. The zero-order valence-corrected chi connectivity index (χ0v) is 17.8. The molecule has 29 heavy (non-hydrogen) atoms. The van der Waals surface area contributed by atoms with Crippen molar-refractivity contribution in [3.63, 3.8) is 0 Å². The van der Waals surface area contributed by atoms with Gasteiger partial charge in [-0.25, -0.2) is 0 Å². The predicted molar refractivity (Wildman–Crippen MR) is 127 cm³/mol. The Morgan fingerprint density at radius 2 is 1.79 bits per heavy atom. The van der Waals surface area contributed by atoms with Crippen LogP contribution in [-0.2, 0) is 5.75 Å². The number of hydrogen-bond acceptors (Lipinski definition) is 4. The zero-order valence-electron chi connectivity index (χ0n) is 17.0. The van der Waals surface area contributed by atoms with E-state index in [4.69, 9.17) is 0 Å². The Kier molecular flexibility index (Phi) is 7.14. The molecule has 1 unspecified atom stereocenters. The molecule has 3 aromatic rings. The quantitative estimate of drug-likeness (QED) is 0.427. The molecule has 0 aliphatic rings. The van der Waals surface area contributed by atoms with Crippen LogP contribution >= 0.6 is 11.8 Å². The van der Waals surface area contributed by atoms with Crippen LogP contribution in [0.25, 0.3) is 5.70 Å². The number of anilines is 1. The first kappa shape index (κ1) is 20.7. The first-order valence-corrected chi connectivity index (χ1v) is 10.6. The molecule has 1 atom stereocenters. The molecule has 0 amide bonds. The van der Waals surface area contributed by atoms with E-state index in [0.717, 1.165) is 33.3 Å². The molecule has 3 rings (SSSR count). The Labute approximate surface area is 178 Å². The number of nitrogens with zero attached hydrogens (tertiary/aromatic N) is 1. The standard InChI is InChI=1S/C25H27N3S/c1-18-8-5-6-10-25(18)28-19(2)23-13-11-22(12-14-23)17-29-21(4)27-20(3)24-9-7-15-26-16-24/h5-16,20,27-28H,2,4,17H2,1,3H3. The Morgan fingerprint density at radius 3 is 2.48 bits per heavy atom. The third-order valence-corrected chi connectivity index (χ3v) is 5.65. The van der Waals surface area contributed by atoms with Crippen molar-refractivity contribution in [1.29, 1.82) is 0 Å². The van der Waals surface area contributed by atoms with E-state index in [1.165, 1.54) is 11.1 Å². The summed E-state index contributed by atoms with van der Waals surface area (Å²) in [5.74, 6) is 0.865. The van der Waals surface area contributed by atoms with Gasteiger partial charge < -0.3 is 10.6 Å². The minimum absolute atomic E-state index is 0.182. The van der Waals surface area contributed by atoms with E-state index in [-0.39, 0.29) is 6.04 Å². The van der Waals surface area contributed by atoms with Gasteiger partial charge in [-0.2, -0.15) is 0 Å². The zero-order chi connectivity index (χ0) is 20.6. The fourth-order valence-corrected chi connectivity index (χ4v) is 3.71. The maximum atomic E-state index is 4.18. The number of hydrogen-bond donors (Lipinski definition) is 2. The second-order valence-electron chi connectivity index (χ2n) is 6.98. The highest BCUT2D eigenvalue weighted by atomic mass is 32.2. The number of para-hydroxylation sites is 1. The van der Waals surface area contributed by atoms with Gasteiger partial charge in [-0.15, -0.1) is 11.8 Å². The lowest BCUT2D eigenvalue weighted by atomic mass is 10.1. The number of aryl methyl sites for hydroxylation is 1. The van der Waals surface area contributed by atoms with Crippen molar-refractivity contribution in [2.75, 3.05) is 5.32 Å². The van der Waals surface area contributed by atoms with E-state index in [1.807, 2.05) is 24.4 Å². The Bertz CT molecular complexity index is 965. The smallest absolute Gasteiger partial charge is 0.0616 e. The molecule has 0 saturated carbocycles. The third-order valence-electron chi connectivity index (χ3n) is 4.71. The van der Waals surface area contributed by atoms with E-state index in [9.17, 15) is 0 Å². The van der Waals surface area contributed by atoms with Crippen LogP contribution in [0.5, 0.6) is 0 Å². The molecular weight excluding hydrogens is 374 g/mol. The summed E-state index contributed by atoms with van der Waals surface area (Å²) < 4.78 is 0. The summed E-state index contributed by atoms with van der Waals surface area (Å²) in [4.78, 5) is 4.17. The van der Waals surface area contributed by atoms with Crippen molar-refractivity contribution >= 4 is 23.1 Å². The highest BCUT2D eigenvalue weighted by Crippen LogP contribution is 2.24. The summed E-state index contributed by atoms with van der Waals surface area (Å²) in [6.07, 6.45) is 3.67. The van der Waals surface area contributed by atoms with Crippen LogP contribution in [0.4, 0.5) is 5.69 Å². The fourth-order valence-electron chi connectivity index (χ4n) is 2.92. The van der Waals surface area contributed by atoms with Gasteiger partial charge in [-0.05, 0) is 48.2 Å². The molecule has 0 radical (unpaired) electrons. The molecule has 0 spiro atoms. The Morgan fingerprint density at radius 1 is 1.03 bits per heavy atom. The van der Waals surface area contributed by atoms with E-state index < -0.39 is 0 Å². The number of aromatic nitrogens is 1. The van der Waals surface area contributed by atoms with Gasteiger partial charge in [0.25, 0.3) is 0 Å². The van der Waals surface area contributed by atoms with E-state index >= 15 is 0 Å². The molecule has 0 bridgehead atoms. The van der Waals surface area contributed by atoms with Gasteiger partial charge in [0, 0.05) is 29.5 Å². The van der Waals surface area contributed by atoms with E-state index in [2.05, 4.69) is 85.1 Å². The van der Waals surface area contributed by atoms with Crippen molar-refractivity contribution in [3.05, 3.63) is 113 Å². The van der Waals surface area contributed by atoms with Gasteiger partial charge in [0.05, 0.1) is 11.1 Å². The lowest BCUT2D eigenvalue weighted by molar-refractivity contribution is 0.676. The first-order valence-electron chi connectivity index (χ1n) is 9.62. The summed E-state index contributed by atoms with van der Waals surface area (Å²) >= 11 is 1.71. The maximum absolute atomic E-state index is 4.18. The second kappa shape index (κ2) is 9.99. The molecule has 3 nitrogen and oxygen atoms in total. The molecule has 2 N–H and O–H groups in total. The molecule has 2 aromatic carbocycles. The monoisotopic (exact) mass is 401 g/mol. The van der Waals surface area contributed by atoms with E-state index in [1.54, 1.807) is 18.0 Å². The van der Waals surface area contributed by atoms with Crippen molar-refractivity contribution < 1.29 is 0 Å². The van der Waals surface area contributed by atoms with Crippen molar-refractivity contribution in [2.45, 2.75) is 25.6 Å². The Hall–Kier alpha value is -2.98. The van der Waals surface area contributed by atoms with Crippen molar-refractivity contribution in [1.82, 2.24) is 10.3 Å². The molecule has 0 aliphatic carbocycles. The number of thioether (sulfide) groups is 1. The average molecular weight is 402 g/mol. The van der Waals surface area contributed by atoms with Crippen LogP contribution in [0.15, 0.2) is 91.2 Å². The van der Waals surface area contributed by atoms with Crippen LogP contribution in [0.1, 0.15) is 35.2 Å². The molecular formula is C25H27N3S. The highest BCUT2D eigenvalue weighted by molar-refractivity contribution is 8.02. The van der Waals surface area contributed by atoms with E-state index in [0.29, 0.717) is 0 Å². The van der Waals surface area contributed by atoms with Crippen molar-refractivity contribution in [2.24, 2.45) is 0 Å². The molecule has 0 aliphatic heterocycles. The Balaban J connectivity index is 1.50. The number of pyridine rings is 1. The van der Waals surface area contributed by atoms with Gasteiger partial charge in [0.1, 0.15) is 0 Å². The molecule has 148 valence electrons. The number of rotatable bonds is 9. The summed E-state index contributed by atoms with van der Waals surface area (Å²) in [6.45, 7) is 12.5. The minimum Gasteiger partial charge on any atom is -0.374 e. The number of benzene rings is 2. The first-order chi connectivity index (χ1) is 14.0. The van der Waals surface area contributed by atoms with Gasteiger partial charge in [0.2, 0.25) is 0 Å². The van der Waals surface area contributed by atoms with Gasteiger partial charge in [-0.1, -0.05) is 61.7 Å². The summed E-state index contributed by atoms with van der Waals surface area (Å²) in [5, 5.41) is 7.79. The lowest BCUT2D eigenvalue weighted by Gasteiger charge is -2.17. The normalized spacial score (nSPS) is 11.5. The maximum Gasteiger partial charge on any atom is 0.0616 e. The van der Waals surface area contributed by atoms with Crippen LogP contribution < -0.4 is 10.6 Å². The van der Waals surface area contributed by atoms with Crippen molar-refractivity contribution in [3.8, 4) is 0 Å². The van der Waals surface area contributed by atoms with Crippen LogP contribution in [0, 0.1) is 6.92 Å². The van der Waals surface area contributed by atoms with Crippen LogP contribution in [-0.4, -0.2) is 4.98 Å².